The number of carbonyl (C=O) groups is 1. The van der Waals surface area contributed by atoms with E-state index in [0.717, 1.165) is 15.6 Å². The molecule has 0 spiro atoms. The van der Waals surface area contributed by atoms with Gasteiger partial charge in [0.1, 0.15) is 15.6 Å². The normalized spacial score (nSPS) is 11.6. The lowest BCUT2D eigenvalue weighted by Crippen LogP contribution is -2.27. The number of sulfonamides is 1. The number of esters is 1. The maximum absolute atomic E-state index is 13.2. The Balaban J connectivity index is 2.30. The maximum Gasteiger partial charge on any atom is 0.349 e. The van der Waals surface area contributed by atoms with Gasteiger partial charge in [-0.1, -0.05) is 12.1 Å². The van der Waals surface area contributed by atoms with Crippen molar-refractivity contribution in [2.75, 3.05) is 14.2 Å². The number of rotatable bonds is 5. The van der Waals surface area contributed by atoms with Crippen LogP contribution in [0.5, 0.6) is 0 Å². The Labute approximate surface area is 132 Å². The second-order valence-corrected chi connectivity index (χ2v) is 7.43. The molecule has 0 saturated carbocycles. The molecule has 1 aromatic heterocycles. The highest BCUT2D eigenvalue weighted by atomic mass is 32.2. The minimum atomic E-state index is -3.87. The molecule has 0 aliphatic heterocycles. The highest BCUT2D eigenvalue weighted by Gasteiger charge is 2.28. The predicted octanol–water partition coefficient (Wildman–Crippen LogP) is 2.49. The molecule has 0 amide bonds. The lowest BCUT2D eigenvalue weighted by molar-refractivity contribution is 0.0602. The topological polar surface area (TPSA) is 63.7 Å². The minimum absolute atomic E-state index is 0.00342. The first-order valence-electron chi connectivity index (χ1n) is 6.23. The van der Waals surface area contributed by atoms with Gasteiger partial charge in [-0.3, -0.25) is 0 Å². The van der Waals surface area contributed by atoms with Crippen LogP contribution in [-0.2, 0) is 21.3 Å². The Morgan fingerprint density at radius 2 is 2.09 bits per heavy atom. The number of thiophene rings is 1. The molecule has 0 aliphatic rings. The minimum Gasteiger partial charge on any atom is -0.465 e. The van der Waals surface area contributed by atoms with Gasteiger partial charge in [0.15, 0.2) is 0 Å². The average Bonchev–Trinajstić information content (AvgIpc) is 2.96. The van der Waals surface area contributed by atoms with E-state index in [9.17, 15) is 17.6 Å². The van der Waals surface area contributed by atoms with Gasteiger partial charge in [-0.05, 0) is 29.1 Å². The molecule has 0 unspecified atom stereocenters. The van der Waals surface area contributed by atoms with Crippen molar-refractivity contribution in [3.8, 4) is 0 Å². The number of benzene rings is 1. The summed E-state index contributed by atoms with van der Waals surface area (Å²) in [7, 11) is -1.31. The molecule has 8 heteroatoms. The van der Waals surface area contributed by atoms with Crippen LogP contribution in [0.2, 0.25) is 0 Å². The number of hydrogen-bond donors (Lipinski definition) is 0. The van der Waals surface area contributed by atoms with Crippen molar-refractivity contribution in [1.29, 1.82) is 0 Å². The van der Waals surface area contributed by atoms with Crippen molar-refractivity contribution in [3.63, 3.8) is 0 Å². The summed E-state index contributed by atoms with van der Waals surface area (Å²) in [6, 6.07) is 7.04. The Bertz CT molecular complexity index is 786. The highest BCUT2D eigenvalue weighted by Crippen LogP contribution is 2.26. The Kier molecular flexibility index (Phi) is 4.94. The fraction of sp³-hybridized carbons (Fsp3) is 0.214. The molecular weight excluding hydrogens is 329 g/mol. The largest absolute Gasteiger partial charge is 0.465 e. The Hall–Kier alpha value is -1.77. The molecule has 5 nitrogen and oxygen atoms in total. The molecule has 0 N–H and O–H groups in total. The van der Waals surface area contributed by atoms with Crippen molar-refractivity contribution in [2.24, 2.45) is 0 Å². The zero-order chi connectivity index (χ0) is 16.3. The molecule has 2 rings (SSSR count). The number of hydrogen-bond acceptors (Lipinski definition) is 5. The van der Waals surface area contributed by atoms with E-state index in [1.54, 1.807) is 6.07 Å². The van der Waals surface area contributed by atoms with Gasteiger partial charge in [0.05, 0.1) is 7.11 Å². The van der Waals surface area contributed by atoms with Crippen molar-refractivity contribution in [3.05, 3.63) is 52.0 Å². The summed E-state index contributed by atoms with van der Waals surface area (Å²) in [4.78, 5) is 11.5. The standard InChI is InChI=1S/C14H14FNO4S2/c1-16(9-10-4-3-5-11(15)8-10)22(18,19)12-6-7-21-13(12)14(17)20-2/h3-8H,9H2,1-2H3. The second kappa shape index (κ2) is 6.55. The summed E-state index contributed by atoms with van der Waals surface area (Å²) < 4.78 is 43.9. The Morgan fingerprint density at radius 3 is 2.73 bits per heavy atom. The fourth-order valence-corrected chi connectivity index (χ4v) is 4.35. The number of ether oxygens (including phenoxy) is 1. The van der Waals surface area contributed by atoms with E-state index >= 15 is 0 Å². The number of nitrogens with zero attached hydrogens (tertiary/aromatic N) is 1. The zero-order valence-electron chi connectivity index (χ0n) is 11.9. The molecule has 0 saturated heterocycles. The van der Waals surface area contributed by atoms with E-state index < -0.39 is 21.8 Å². The van der Waals surface area contributed by atoms with E-state index in [1.807, 2.05) is 0 Å². The molecule has 1 heterocycles. The monoisotopic (exact) mass is 343 g/mol. The first kappa shape index (κ1) is 16.6. The van der Waals surface area contributed by atoms with Crippen LogP contribution in [0, 0.1) is 5.82 Å². The van der Waals surface area contributed by atoms with Crippen LogP contribution >= 0.6 is 11.3 Å². The fourth-order valence-electron chi connectivity index (χ4n) is 1.89. The quantitative estimate of drug-likeness (QED) is 0.783. The van der Waals surface area contributed by atoms with Crippen LogP contribution in [0.3, 0.4) is 0 Å². The number of halogens is 1. The molecule has 118 valence electrons. The van der Waals surface area contributed by atoms with Gasteiger partial charge < -0.3 is 4.74 Å². The van der Waals surface area contributed by atoms with Crippen molar-refractivity contribution in [2.45, 2.75) is 11.4 Å². The van der Waals surface area contributed by atoms with E-state index in [1.165, 1.54) is 43.8 Å². The smallest absolute Gasteiger partial charge is 0.349 e. The average molecular weight is 343 g/mol. The summed E-state index contributed by atoms with van der Waals surface area (Å²) >= 11 is 0.995. The molecule has 22 heavy (non-hydrogen) atoms. The van der Waals surface area contributed by atoms with Crippen LogP contribution in [0.1, 0.15) is 15.2 Å². The molecule has 0 atom stereocenters. The first-order chi connectivity index (χ1) is 10.4. The van der Waals surface area contributed by atoms with E-state index in [4.69, 9.17) is 0 Å². The van der Waals surface area contributed by atoms with E-state index in [2.05, 4.69) is 4.74 Å². The third-order valence-electron chi connectivity index (χ3n) is 2.98. The van der Waals surface area contributed by atoms with Gasteiger partial charge in [-0.25, -0.2) is 17.6 Å². The van der Waals surface area contributed by atoms with Crippen molar-refractivity contribution < 1.29 is 22.3 Å². The molecule has 2 aromatic rings. The van der Waals surface area contributed by atoms with E-state index in [0.29, 0.717) is 5.56 Å². The Morgan fingerprint density at radius 1 is 1.36 bits per heavy atom. The third-order valence-corrected chi connectivity index (χ3v) is 5.85. The van der Waals surface area contributed by atoms with Crippen LogP contribution in [0.25, 0.3) is 0 Å². The number of methoxy groups -OCH3 is 1. The van der Waals surface area contributed by atoms with Gasteiger partial charge in [-0.15, -0.1) is 11.3 Å². The predicted molar refractivity (Wildman–Crippen MR) is 80.7 cm³/mol. The van der Waals surface area contributed by atoms with Gasteiger partial charge >= 0.3 is 5.97 Å². The highest BCUT2D eigenvalue weighted by molar-refractivity contribution is 7.89. The lowest BCUT2D eigenvalue weighted by Gasteiger charge is -2.17. The van der Waals surface area contributed by atoms with Crippen LogP contribution in [0.4, 0.5) is 4.39 Å². The molecule has 0 bridgehead atoms. The lowest BCUT2D eigenvalue weighted by atomic mass is 10.2. The maximum atomic E-state index is 13.2. The van der Waals surface area contributed by atoms with E-state index in [-0.39, 0.29) is 16.3 Å². The van der Waals surface area contributed by atoms with Gasteiger partial charge in [0.2, 0.25) is 10.0 Å². The third kappa shape index (κ3) is 3.34. The molecule has 0 fully saturated rings. The van der Waals surface area contributed by atoms with Crippen LogP contribution in [0.15, 0.2) is 40.6 Å². The summed E-state index contributed by atoms with van der Waals surface area (Å²) in [6.45, 7) is -0.00342. The zero-order valence-corrected chi connectivity index (χ0v) is 13.6. The molecular formula is C14H14FNO4S2. The summed E-state index contributed by atoms with van der Waals surface area (Å²) in [5, 5.41) is 1.51. The van der Waals surface area contributed by atoms with Gasteiger partial charge in [-0.2, -0.15) is 4.31 Å². The van der Waals surface area contributed by atoms with Crippen LogP contribution in [-0.4, -0.2) is 32.8 Å². The summed E-state index contributed by atoms with van der Waals surface area (Å²) in [5.41, 5.74) is 0.515. The van der Waals surface area contributed by atoms with Gasteiger partial charge in [0, 0.05) is 13.6 Å². The molecule has 0 radical (unpaired) electrons. The molecule has 1 aromatic carbocycles. The molecule has 0 aliphatic carbocycles. The van der Waals surface area contributed by atoms with Crippen LogP contribution < -0.4 is 0 Å². The number of carbonyl (C=O) groups excluding carboxylic acids is 1. The summed E-state index contributed by atoms with van der Waals surface area (Å²) in [6.07, 6.45) is 0. The van der Waals surface area contributed by atoms with Crippen molar-refractivity contribution in [1.82, 2.24) is 4.31 Å². The van der Waals surface area contributed by atoms with Crippen molar-refractivity contribution >= 4 is 27.3 Å². The second-order valence-electron chi connectivity index (χ2n) is 4.50. The first-order valence-corrected chi connectivity index (χ1v) is 8.55. The van der Waals surface area contributed by atoms with Gasteiger partial charge in [0.25, 0.3) is 0 Å². The summed E-state index contributed by atoms with van der Waals surface area (Å²) in [5.74, 6) is -1.14. The SMILES string of the molecule is COC(=O)c1sccc1S(=O)(=O)N(C)Cc1cccc(F)c1.